The van der Waals surface area contributed by atoms with Crippen molar-refractivity contribution < 1.29 is 23.5 Å². The Hall–Kier alpha value is -3.35. The van der Waals surface area contributed by atoms with Crippen LogP contribution in [0.15, 0.2) is 59.8 Å². The number of nitrogens with zero attached hydrogens (tertiary/aromatic N) is 1. The number of benzene rings is 2. The molecule has 1 aliphatic heterocycles. The van der Waals surface area contributed by atoms with Crippen molar-refractivity contribution in [1.29, 1.82) is 0 Å². The molecule has 30 heavy (non-hydrogen) atoms. The number of ether oxygens (including phenoxy) is 2. The van der Waals surface area contributed by atoms with E-state index in [1.165, 1.54) is 29.2 Å². The van der Waals surface area contributed by atoms with E-state index in [9.17, 15) is 14.0 Å². The zero-order chi connectivity index (χ0) is 21.7. The Balaban J connectivity index is 2.01. The largest absolute Gasteiger partial charge is 0.487 e. The molecule has 0 spiro atoms. The number of carbonyl (C=O) groups excluding carboxylic acids is 2. The summed E-state index contributed by atoms with van der Waals surface area (Å²) in [5.41, 5.74) is 2.35. The van der Waals surface area contributed by atoms with E-state index < -0.39 is 23.9 Å². The molecular weight excluding hydrogens is 387 g/mol. The molecule has 1 atom stereocenters. The number of rotatable bonds is 7. The zero-order valence-corrected chi connectivity index (χ0v) is 17.3. The molecule has 2 aromatic rings. The summed E-state index contributed by atoms with van der Waals surface area (Å²) in [6.45, 7) is 3.95. The molecule has 0 aliphatic carbocycles. The van der Waals surface area contributed by atoms with Crippen LogP contribution in [-0.4, -0.2) is 37.2 Å². The minimum Gasteiger partial charge on any atom is -0.487 e. The molecule has 3 rings (SSSR count). The number of urea groups is 1. The number of carbonyl (C=O) groups is 2. The van der Waals surface area contributed by atoms with E-state index >= 15 is 0 Å². The Morgan fingerprint density at radius 2 is 1.90 bits per heavy atom. The predicted octanol–water partition coefficient (Wildman–Crippen LogP) is 3.98. The van der Waals surface area contributed by atoms with E-state index in [0.29, 0.717) is 17.0 Å². The maximum atomic E-state index is 13.4. The van der Waals surface area contributed by atoms with Crippen molar-refractivity contribution in [1.82, 2.24) is 10.2 Å². The second-order valence-corrected chi connectivity index (χ2v) is 6.86. The molecule has 0 radical (unpaired) electrons. The minimum atomic E-state index is -0.770. The highest BCUT2D eigenvalue weighted by Gasteiger charge is 2.37. The fraction of sp³-hybridized carbons (Fsp3) is 0.304. The lowest BCUT2D eigenvalue weighted by atomic mass is 9.94. The van der Waals surface area contributed by atoms with Crippen LogP contribution in [0.5, 0.6) is 5.75 Å². The maximum absolute atomic E-state index is 13.4. The van der Waals surface area contributed by atoms with Gasteiger partial charge in [-0.25, -0.2) is 14.0 Å². The summed E-state index contributed by atoms with van der Waals surface area (Å²) in [6, 6.07) is 12.1. The highest BCUT2D eigenvalue weighted by molar-refractivity contribution is 5.95. The van der Waals surface area contributed by atoms with Crippen LogP contribution < -0.4 is 10.1 Å². The normalized spacial score (nSPS) is 16.3. The van der Waals surface area contributed by atoms with Gasteiger partial charge < -0.3 is 14.8 Å². The molecule has 0 fully saturated rings. The van der Waals surface area contributed by atoms with Gasteiger partial charge in [-0.15, -0.1) is 0 Å². The van der Waals surface area contributed by atoms with Crippen LogP contribution in [0.3, 0.4) is 0 Å². The first kappa shape index (κ1) is 21.4. The van der Waals surface area contributed by atoms with Crippen molar-refractivity contribution in [3.63, 3.8) is 0 Å². The third-order valence-corrected chi connectivity index (χ3v) is 4.96. The van der Waals surface area contributed by atoms with Crippen LogP contribution in [0.2, 0.25) is 0 Å². The van der Waals surface area contributed by atoms with Crippen molar-refractivity contribution in [3.05, 3.63) is 76.7 Å². The van der Waals surface area contributed by atoms with Crippen molar-refractivity contribution in [2.24, 2.45) is 0 Å². The number of amides is 2. The van der Waals surface area contributed by atoms with Gasteiger partial charge in [0.15, 0.2) is 0 Å². The third-order valence-electron chi connectivity index (χ3n) is 4.96. The van der Waals surface area contributed by atoms with Crippen molar-refractivity contribution in [2.45, 2.75) is 26.3 Å². The Bertz CT molecular complexity index is 956. The number of likely N-dealkylation sites (N-methyl/N-ethyl adjacent to an activating group) is 1. The standard InChI is InChI=1S/C23H25FN2O4/c1-4-15-7-6-8-18(13-15)30-14-19-20(22(27)29-5-2)21(25-23(28)26(19)3)16-9-11-17(24)12-10-16/h6-13,21H,4-5,14H2,1-3H3,(H,25,28). The molecule has 0 saturated carbocycles. The maximum Gasteiger partial charge on any atom is 0.338 e. The van der Waals surface area contributed by atoms with E-state index in [-0.39, 0.29) is 18.8 Å². The van der Waals surface area contributed by atoms with Crippen LogP contribution >= 0.6 is 0 Å². The Kier molecular flexibility index (Phi) is 6.72. The SMILES string of the molecule is CCOC(=O)C1=C(COc2cccc(CC)c2)N(C)C(=O)NC1c1ccc(F)cc1. The molecule has 1 aliphatic rings. The summed E-state index contributed by atoms with van der Waals surface area (Å²) < 4.78 is 24.6. The molecule has 1 N–H and O–H groups in total. The van der Waals surface area contributed by atoms with Crippen LogP contribution in [-0.2, 0) is 16.0 Å². The van der Waals surface area contributed by atoms with Gasteiger partial charge in [-0.2, -0.15) is 0 Å². The highest BCUT2D eigenvalue weighted by Crippen LogP contribution is 2.31. The third kappa shape index (κ3) is 4.62. The number of halogens is 1. The first-order valence-electron chi connectivity index (χ1n) is 9.86. The molecule has 1 heterocycles. The quantitative estimate of drug-likeness (QED) is 0.699. The first-order chi connectivity index (χ1) is 14.4. The second-order valence-electron chi connectivity index (χ2n) is 6.86. The van der Waals surface area contributed by atoms with Gasteiger partial charge in [-0.1, -0.05) is 31.2 Å². The molecule has 0 bridgehead atoms. The molecule has 2 amide bonds. The summed E-state index contributed by atoms with van der Waals surface area (Å²) in [5.74, 6) is -0.318. The zero-order valence-electron chi connectivity index (χ0n) is 17.3. The van der Waals surface area contributed by atoms with E-state index in [4.69, 9.17) is 9.47 Å². The van der Waals surface area contributed by atoms with E-state index in [0.717, 1.165) is 12.0 Å². The Morgan fingerprint density at radius 3 is 2.57 bits per heavy atom. The number of hydrogen-bond acceptors (Lipinski definition) is 4. The summed E-state index contributed by atoms with van der Waals surface area (Å²) in [7, 11) is 1.57. The lowest BCUT2D eigenvalue weighted by Gasteiger charge is -2.34. The second kappa shape index (κ2) is 9.43. The van der Waals surface area contributed by atoms with Gasteiger partial charge in [0.05, 0.1) is 23.9 Å². The van der Waals surface area contributed by atoms with Gasteiger partial charge in [-0.3, -0.25) is 4.90 Å². The predicted molar refractivity (Wildman–Crippen MR) is 110 cm³/mol. The lowest BCUT2D eigenvalue weighted by Crippen LogP contribution is -2.48. The number of esters is 1. The van der Waals surface area contributed by atoms with E-state index in [1.807, 2.05) is 31.2 Å². The summed E-state index contributed by atoms with van der Waals surface area (Å²) in [4.78, 5) is 26.8. The fourth-order valence-electron chi connectivity index (χ4n) is 3.29. The molecule has 1 unspecified atom stereocenters. The summed E-state index contributed by atoms with van der Waals surface area (Å²) in [6.07, 6.45) is 0.864. The molecule has 7 heteroatoms. The number of hydrogen-bond donors (Lipinski definition) is 1. The van der Waals surface area contributed by atoms with Crippen LogP contribution in [0.1, 0.15) is 31.0 Å². The average Bonchev–Trinajstić information content (AvgIpc) is 2.75. The lowest BCUT2D eigenvalue weighted by molar-refractivity contribution is -0.139. The van der Waals surface area contributed by atoms with Crippen molar-refractivity contribution >= 4 is 12.0 Å². The summed E-state index contributed by atoms with van der Waals surface area (Å²) in [5, 5.41) is 2.79. The van der Waals surface area contributed by atoms with Crippen molar-refractivity contribution in [3.8, 4) is 5.75 Å². The molecule has 0 saturated heterocycles. The molecule has 0 aromatic heterocycles. The van der Waals surface area contributed by atoms with Gasteiger partial charge >= 0.3 is 12.0 Å². The van der Waals surface area contributed by atoms with Crippen molar-refractivity contribution in [2.75, 3.05) is 20.3 Å². The van der Waals surface area contributed by atoms with E-state index in [1.54, 1.807) is 14.0 Å². The van der Waals surface area contributed by atoms with Crippen LogP contribution in [0.4, 0.5) is 9.18 Å². The van der Waals surface area contributed by atoms with Crippen LogP contribution in [0, 0.1) is 5.82 Å². The Labute approximate surface area is 175 Å². The number of nitrogens with one attached hydrogen (secondary N) is 1. The van der Waals surface area contributed by atoms with E-state index in [2.05, 4.69) is 5.32 Å². The van der Waals surface area contributed by atoms with Gasteiger partial charge in [0.1, 0.15) is 18.2 Å². The smallest absolute Gasteiger partial charge is 0.338 e. The minimum absolute atomic E-state index is 0.00291. The molecule has 158 valence electrons. The fourth-order valence-corrected chi connectivity index (χ4v) is 3.29. The molecule has 2 aromatic carbocycles. The van der Waals surface area contributed by atoms with Gasteiger partial charge in [0.2, 0.25) is 0 Å². The average molecular weight is 412 g/mol. The molecule has 6 nitrogen and oxygen atoms in total. The van der Waals surface area contributed by atoms with Gasteiger partial charge in [0, 0.05) is 7.05 Å². The number of aryl methyl sites for hydroxylation is 1. The Morgan fingerprint density at radius 1 is 1.17 bits per heavy atom. The molecular formula is C23H25FN2O4. The topological polar surface area (TPSA) is 67.9 Å². The monoisotopic (exact) mass is 412 g/mol. The van der Waals surface area contributed by atoms with Gasteiger partial charge in [0.25, 0.3) is 0 Å². The first-order valence-corrected chi connectivity index (χ1v) is 9.86. The van der Waals surface area contributed by atoms with Gasteiger partial charge in [-0.05, 0) is 48.7 Å². The highest BCUT2D eigenvalue weighted by atomic mass is 19.1. The van der Waals surface area contributed by atoms with Crippen LogP contribution in [0.25, 0.3) is 0 Å². The summed E-state index contributed by atoms with van der Waals surface area (Å²) >= 11 is 0.